The van der Waals surface area contributed by atoms with Crippen molar-refractivity contribution in [2.24, 2.45) is 16.7 Å². The third kappa shape index (κ3) is 2.49. The maximum absolute atomic E-state index is 6.55. The van der Waals surface area contributed by atoms with Gasteiger partial charge in [0.15, 0.2) is 0 Å². The lowest BCUT2D eigenvalue weighted by Gasteiger charge is -2.38. The van der Waals surface area contributed by atoms with Gasteiger partial charge in [-0.3, -0.25) is 0 Å². The first-order valence-electron chi connectivity index (χ1n) is 7.91. The van der Waals surface area contributed by atoms with E-state index in [1.807, 2.05) is 0 Å². The summed E-state index contributed by atoms with van der Waals surface area (Å²) in [6.07, 6.45) is 2.49. The summed E-state index contributed by atoms with van der Waals surface area (Å²) in [4.78, 5) is 0. The lowest BCUT2D eigenvalue weighted by atomic mass is 9.70. The highest BCUT2D eigenvalue weighted by Crippen LogP contribution is 2.68. The van der Waals surface area contributed by atoms with E-state index in [0.717, 1.165) is 0 Å². The third-order valence-electron chi connectivity index (χ3n) is 5.09. The summed E-state index contributed by atoms with van der Waals surface area (Å²) in [5.74, 6) is 2.97. The van der Waals surface area contributed by atoms with Crippen LogP contribution in [0.4, 0.5) is 0 Å². The molecule has 0 aromatic rings. The van der Waals surface area contributed by atoms with E-state index in [2.05, 4.69) is 60.1 Å². The molecule has 20 heavy (non-hydrogen) atoms. The SMILES string of the molecule is CC1(C)[C@@H]2CC[C@@]1(C)C(O[Si](C)(C)C)=C2O[Si](C)(C)C. The first-order chi connectivity index (χ1) is 8.78. The number of hydrogen-bond acceptors (Lipinski definition) is 2. The number of hydrogen-bond donors (Lipinski definition) is 0. The van der Waals surface area contributed by atoms with Gasteiger partial charge in [0.2, 0.25) is 16.6 Å². The highest BCUT2D eigenvalue weighted by Gasteiger charge is 2.63. The van der Waals surface area contributed by atoms with Crippen LogP contribution >= 0.6 is 0 Å². The number of allylic oxidation sites excluding steroid dienone is 2. The van der Waals surface area contributed by atoms with Crippen LogP contribution in [0.25, 0.3) is 0 Å². The summed E-state index contributed by atoms with van der Waals surface area (Å²) in [6.45, 7) is 20.8. The fourth-order valence-electron chi connectivity index (χ4n) is 3.71. The van der Waals surface area contributed by atoms with Crippen molar-refractivity contribution in [3.05, 3.63) is 11.5 Å². The summed E-state index contributed by atoms with van der Waals surface area (Å²) in [5, 5.41) is 0. The molecule has 0 aromatic carbocycles. The summed E-state index contributed by atoms with van der Waals surface area (Å²) in [5.41, 5.74) is 0.421. The lowest BCUT2D eigenvalue weighted by Crippen LogP contribution is -2.35. The predicted octanol–water partition coefficient (Wildman–Crippen LogP) is 5.36. The van der Waals surface area contributed by atoms with E-state index in [9.17, 15) is 0 Å². The van der Waals surface area contributed by atoms with Crippen LogP contribution in [0.5, 0.6) is 0 Å². The standard InChI is InChI=1S/C16H32O2Si2/c1-15(2)12-10-11-16(15,3)14(18-20(7,8)9)13(12)17-19(4,5)6/h12H,10-11H2,1-9H3/t12-,16+/m1/s1. The van der Waals surface area contributed by atoms with Gasteiger partial charge in [-0.1, -0.05) is 20.8 Å². The topological polar surface area (TPSA) is 18.5 Å². The van der Waals surface area contributed by atoms with E-state index in [4.69, 9.17) is 8.85 Å². The summed E-state index contributed by atoms with van der Waals surface area (Å²) >= 11 is 0. The molecule has 2 aliphatic carbocycles. The first kappa shape index (κ1) is 16.1. The van der Waals surface area contributed by atoms with Crippen LogP contribution in [0.1, 0.15) is 33.6 Å². The molecule has 1 fully saturated rings. The normalized spacial score (nSPS) is 32.8. The second-order valence-electron chi connectivity index (χ2n) is 9.27. The van der Waals surface area contributed by atoms with Crippen molar-refractivity contribution in [3.63, 3.8) is 0 Å². The zero-order valence-electron chi connectivity index (χ0n) is 14.8. The maximum Gasteiger partial charge on any atom is 0.241 e. The Morgan fingerprint density at radius 2 is 1.40 bits per heavy atom. The molecule has 0 heterocycles. The molecule has 0 amide bonds. The average Bonchev–Trinajstić information content (AvgIpc) is 2.48. The van der Waals surface area contributed by atoms with E-state index in [1.165, 1.54) is 24.4 Å². The molecule has 0 spiro atoms. The van der Waals surface area contributed by atoms with Crippen molar-refractivity contribution in [2.75, 3.05) is 0 Å². The van der Waals surface area contributed by atoms with Crippen molar-refractivity contribution in [1.82, 2.24) is 0 Å². The molecule has 0 aliphatic heterocycles. The van der Waals surface area contributed by atoms with Crippen LogP contribution in [0.15, 0.2) is 11.5 Å². The highest BCUT2D eigenvalue weighted by molar-refractivity contribution is 6.70. The van der Waals surface area contributed by atoms with Crippen molar-refractivity contribution >= 4 is 16.6 Å². The van der Waals surface area contributed by atoms with Crippen molar-refractivity contribution < 1.29 is 8.85 Å². The molecule has 0 saturated heterocycles. The molecule has 1 saturated carbocycles. The van der Waals surface area contributed by atoms with Gasteiger partial charge in [0.25, 0.3) is 0 Å². The van der Waals surface area contributed by atoms with Gasteiger partial charge in [0, 0.05) is 11.3 Å². The average molecular weight is 313 g/mol. The highest BCUT2D eigenvalue weighted by atomic mass is 28.4. The van der Waals surface area contributed by atoms with E-state index in [1.54, 1.807) is 0 Å². The van der Waals surface area contributed by atoms with Gasteiger partial charge in [0.05, 0.1) is 0 Å². The van der Waals surface area contributed by atoms with Gasteiger partial charge in [-0.2, -0.15) is 0 Å². The Morgan fingerprint density at radius 1 is 0.900 bits per heavy atom. The molecule has 2 rings (SSSR count). The Hall–Kier alpha value is -0.226. The van der Waals surface area contributed by atoms with Gasteiger partial charge in [-0.15, -0.1) is 0 Å². The Kier molecular flexibility index (Phi) is 3.54. The molecule has 0 aromatic heterocycles. The van der Waals surface area contributed by atoms with Gasteiger partial charge >= 0.3 is 0 Å². The van der Waals surface area contributed by atoms with Crippen molar-refractivity contribution in [3.8, 4) is 0 Å². The molecular formula is C16H32O2Si2. The van der Waals surface area contributed by atoms with Crippen LogP contribution in [0.3, 0.4) is 0 Å². The Morgan fingerprint density at radius 3 is 1.85 bits per heavy atom. The molecule has 4 heteroatoms. The van der Waals surface area contributed by atoms with Crippen molar-refractivity contribution in [1.29, 1.82) is 0 Å². The fraction of sp³-hybridized carbons (Fsp3) is 0.875. The molecule has 2 atom stereocenters. The zero-order valence-corrected chi connectivity index (χ0v) is 16.8. The van der Waals surface area contributed by atoms with E-state index < -0.39 is 16.6 Å². The van der Waals surface area contributed by atoms with Gasteiger partial charge in [-0.05, 0) is 57.5 Å². The molecule has 0 radical (unpaired) electrons. The van der Waals surface area contributed by atoms with Gasteiger partial charge < -0.3 is 8.85 Å². The van der Waals surface area contributed by atoms with Crippen molar-refractivity contribution in [2.45, 2.75) is 72.9 Å². The maximum atomic E-state index is 6.55. The Bertz CT molecular complexity index is 440. The predicted molar refractivity (Wildman–Crippen MR) is 90.5 cm³/mol. The van der Waals surface area contributed by atoms with Crippen LogP contribution in [-0.4, -0.2) is 16.6 Å². The molecule has 2 aliphatic rings. The minimum Gasteiger partial charge on any atom is -0.545 e. The molecule has 116 valence electrons. The number of rotatable bonds is 4. The molecule has 2 bridgehead atoms. The second kappa shape index (κ2) is 4.39. The minimum atomic E-state index is -1.61. The summed E-state index contributed by atoms with van der Waals surface area (Å²) in [6, 6.07) is 0. The lowest BCUT2D eigenvalue weighted by molar-refractivity contribution is 0.127. The van der Waals surface area contributed by atoms with Gasteiger partial charge in [0.1, 0.15) is 11.5 Å². The summed E-state index contributed by atoms with van der Waals surface area (Å²) < 4.78 is 13.1. The Labute approximate surface area is 127 Å². The van der Waals surface area contributed by atoms with Crippen LogP contribution in [0, 0.1) is 16.7 Å². The molecule has 0 N–H and O–H groups in total. The zero-order chi connectivity index (χ0) is 15.6. The van der Waals surface area contributed by atoms with E-state index >= 15 is 0 Å². The quantitative estimate of drug-likeness (QED) is 0.651. The third-order valence-corrected chi connectivity index (χ3v) is 6.74. The molecule has 0 unspecified atom stereocenters. The number of fused-ring (bicyclic) bond motifs is 2. The van der Waals surface area contributed by atoms with Gasteiger partial charge in [-0.25, -0.2) is 0 Å². The molecule has 2 nitrogen and oxygen atoms in total. The van der Waals surface area contributed by atoms with Crippen LogP contribution < -0.4 is 0 Å². The largest absolute Gasteiger partial charge is 0.545 e. The second-order valence-corrected chi connectivity index (χ2v) is 18.1. The monoisotopic (exact) mass is 312 g/mol. The minimum absolute atomic E-state index is 0.160. The first-order valence-corrected chi connectivity index (χ1v) is 14.7. The summed E-state index contributed by atoms with van der Waals surface area (Å²) in [7, 11) is -3.20. The van der Waals surface area contributed by atoms with E-state index in [-0.39, 0.29) is 10.8 Å². The van der Waals surface area contributed by atoms with E-state index in [0.29, 0.717) is 5.92 Å². The van der Waals surface area contributed by atoms with Crippen LogP contribution in [-0.2, 0) is 8.85 Å². The Balaban J connectivity index is 2.47. The molecular weight excluding hydrogens is 280 g/mol. The fourth-order valence-corrected chi connectivity index (χ4v) is 5.55. The van der Waals surface area contributed by atoms with Crippen LogP contribution in [0.2, 0.25) is 39.3 Å². The smallest absolute Gasteiger partial charge is 0.241 e.